The van der Waals surface area contributed by atoms with Gasteiger partial charge in [0.1, 0.15) is 11.5 Å². The average molecular weight is 377 g/mol. The van der Waals surface area contributed by atoms with Gasteiger partial charge in [-0.05, 0) is 36.4 Å². The maximum Gasteiger partial charge on any atom is 0.119 e. The number of rotatable bonds is 4. The van der Waals surface area contributed by atoms with Crippen LogP contribution in [0.4, 0.5) is 11.4 Å². The van der Waals surface area contributed by atoms with E-state index in [0.29, 0.717) is 5.71 Å². The Morgan fingerprint density at radius 1 is 0.643 bits per heavy atom. The zero-order valence-electron chi connectivity index (χ0n) is 16.7. The van der Waals surface area contributed by atoms with Crippen molar-refractivity contribution in [3.05, 3.63) is 83.9 Å². The Balaban J connectivity index is 0.000000292. The molecule has 0 spiro atoms. The van der Waals surface area contributed by atoms with E-state index in [4.69, 9.17) is 15.6 Å². The highest BCUT2D eigenvalue weighted by Gasteiger charge is 2.06. The normalized spacial score (nSPS) is 9.86. The van der Waals surface area contributed by atoms with Crippen LogP contribution in [0.25, 0.3) is 0 Å². The van der Waals surface area contributed by atoms with Crippen molar-refractivity contribution in [2.75, 3.05) is 38.0 Å². The minimum absolute atomic E-state index is 0.0880. The van der Waals surface area contributed by atoms with Gasteiger partial charge in [0.05, 0.1) is 5.71 Å². The van der Waals surface area contributed by atoms with Gasteiger partial charge < -0.3 is 20.0 Å². The molecular formula is C23H27N3O2. The molecule has 0 aliphatic heterocycles. The third-order valence-corrected chi connectivity index (χ3v) is 4.17. The van der Waals surface area contributed by atoms with Crippen LogP contribution >= 0.6 is 0 Å². The molecule has 0 fully saturated rings. The van der Waals surface area contributed by atoms with Crippen molar-refractivity contribution in [1.82, 2.24) is 0 Å². The van der Waals surface area contributed by atoms with Gasteiger partial charge in [0, 0.05) is 56.8 Å². The van der Waals surface area contributed by atoms with Gasteiger partial charge in [-0.25, -0.2) is 0 Å². The number of hydrogen-bond acceptors (Lipinski definition) is 5. The van der Waals surface area contributed by atoms with Crippen molar-refractivity contribution in [2.45, 2.75) is 0 Å². The third kappa shape index (κ3) is 5.77. The number of nitrogens with zero attached hydrogens (tertiary/aromatic N) is 2. The Morgan fingerprint density at radius 2 is 1.00 bits per heavy atom. The van der Waals surface area contributed by atoms with Crippen LogP contribution in [0.15, 0.2) is 72.8 Å². The van der Waals surface area contributed by atoms with Gasteiger partial charge in [0.2, 0.25) is 0 Å². The Morgan fingerprint density at radius 3 is 1.25 bits per heavy atom. The van der Waals surface area contributed by atoms with E-state index in [1.54, 1.807) is 6.07 Å². The highest BCUT2D eigenvalue weighted by Crippen LogP contribution is 2.18. The minimum Gasteiger partial charge on any atom is -0.508 e. The maximum atomic E-state index is 8.65. The summed E-state index contributed by atoms with van der Waals surface area (Å²) in [4.78, 5) is 4.11. The summed E-state index contributed by atoms with van der Waals surface area (Å²) in [5, 5.41) is 25.6. The molecule has 28 heavy (non-hydrogen) atoms. The van der Waals surface area contributed by atoms with E-state index >= 15 is 0 Å². The van der Waals surface area contributed by atoms with Crippen molar-refractivity contribution in [2.24, 2.45) is 0 Å². The number of hydrogen-bond donors (Lipinski definition) is 3. The first-order chi connectivity index (χ1) is 13.3. The number of phenolic OH excluding ortho intramolecular Hbond substituents is 2. The van der Waals surface area contributed by atoms with Crippen molar-refractivity contribution >= 4 is 17.1 Å². The van der Waals surface area contributed by atoms with Gasteiger partial charge in [0.15, 0.2) is 0 Å². The summed E-state index contributed by atoms with van der Waals surface area (Å²) in [5.74, 6) is 0.176. The molecule has 0 saturated carbocycles. The van der Waals surface area contributed by atoms with Crippen LogP contribution < -0.4 is 9.80 Å². The lowest BCUT2D eigenvalue weighted by Gasteiger charge is -2.14. The van der Waals surface area contributed by atoms with Crippen molar-refractivity contribution in [3.8, 4) is 11.5 Å². The third-order valence-electron chi connectivity index (χ3n) is 4.17. The SMILES string of the molecule is CN(C)c1ccc(C(=N)c2ccc(N(C)C)cc2)cc1.Oc1cccc(O)c1. The van der Waals surface area contributed by atoms with Crippen molar-refractivity contribution < 1.29 is 10.2 Å². The van der Waals surface area contributed by atoms with Crippen LogP contribution in [-0.2, 0) is 0 Å². The van der Waals surface area contributed by atoms with E-state index in [1.165, 1.54) is 18.2 Å². The molecule has 3 rings (SSSR count). The number of nitrogens with one attached hydrogen (secondary N) is 1. The number of phenols is 2. The van der Waals surface area contributed by atoms with Crippen molar-refractivity contribution in [3.63, 3.8) is 0 Å². The second-order valence-electron chi connectivity index (χ2n) is 6.78. The van der Waals surface area contributed by atoms with Crippen LogP contribution in [0.2, 0.25) is 0 Å². The lowest BCUT2D eigenvalue weighted by atomic mass is 10.0. The van der Waals surface area contributed by atoms with Crippen LogP contribution in [-0.4, -0.2) is 44.1 Å². The number of benzene rings is 3. The molecule has 146 valence electrons. The number of aromatic hydroxyl groups is 2. The predicted octanol–water partition coefficient (Wildman–Crippen LogP) is 4.33. The molecule has 0 aliphatic rings. The van der Waals surface area contributed by atoms with Gasteiger partial charge in [-0.1, -0.05) is 30.3 Å². The molecule has 0 radical (unpaired) electrons. The fraction of sp³-hybridized carbons (Fsp3) is 0.174. The van der Waals surface area contributed by atoms with Gasteiger partial charge in [0.25, 0.3) is 0 Å². The topological polar surface area (TPSA) is 70.8 Å². The van der Waals surface area contributed by atoms with E-state index in [9.17, 15) is 0 Å². The number of anilines is 2. The molecule has 0 saturated heterocycles. The van der Waals surface area contributed by atoms with Gasteiger partial charge in [-0.15, -0.1) is 0 Å². The highest BCUT2D eigenvalue weighted by atomic mass is 16.3. The van der Waals surface area contributed by atoms with Crippen LogP contribution in [0.5, 0.6) is 11.5 Å². The Kier molecular flexibility index (Phi) is 7.04. The Bertz CT molecular complexity index is 831. The van der Waals surface area contributed by atoms with Gasteiger partial charge in [-0.2, -0.15) is 0 Å². The summed E-state index contributed by atoms with van der Waals surface area (Å²) in [5.41, 5.74) is 4.72. The molecule has 0 bridgehead atoms. The summed E-state index contributed by atoms with van der Waals surface area (Å²) >= 11 is 0. The second kappa shape index (κ2) is 9.46. The van der Waals surface area contributed by atoms with Crippen molar-refractivity contribution in [1.29, 1.82) is 5.41 Å². The molecule has 5 nitrogen and oxygen atoms in total. The summed E-state index contributed by atoms with van der Waals surface area (Å²) in [7, 11) is 8.06. The molecular weight excluding hydrogens is 350 g/mol. The lowest BCUT2D eigenvalue weighted by Crippen LogP contribution is -2.10. The van der Waals surface area contributed by atoms with Gasteiger partial charge >= 0.3 is 0 Å². The first kappa shape index (κ1) is 20.8. The zero-order valence-corrected chi connectivity index (χ0v) is 16.7. The molecule has 0 atom stereocenters. The van der Waals surface area contributed by atoms with Gasteiger partial charge in [-0.3, -0.25) is 5.41 Å². The smallest absolute Gasteiger partial charge is 0.119 e. The fourth-order valence-corrected chi connectivity index (χ4v) is 2.51. The van der Waals surface area contributed by atoms with E-state index in [0.717, 1.165) is 22.5 Å². The quantitative estimate of drug-likeness (QED) is 0.592. The summed E-state index contributed by atoms with van der Waals surface area (Å²) in [6, 6.07) is 22.0. The first-order valence-electron chi connectivity index (χ1n) is 8.90. The van der Waals surface area contributed by atoms with Crippen LogP contribution in [0.1, 0.15) is 11.1 Å². The Labute approximate surface area is 166 Å². The average Bonchev–Trinajstić information content (AvgIpc) is 2.68. The fourth-order valence-electron chi connectivity index (χ4n) is 2.51. The molecule has 0 amide bonds. The second-order valence-corrected chi connectivity index (χ2v) is 6.78. The maximum absolute atomic E-state index is 8.65. The molecule has 0 unspecified atom stereocenters. The largest absolute Gasteiger partial charge is 0.508 e. The monoisotopic (exact) mass is 377 g/mol. The van der Waals surface area contributed by atoms with E-state index in [1.807, 2.05) is 76.7 Å². The van der Waals surface area contributed by atoms with Crippen LogP contribution in [0.3, 0.4) is 0 Å². The van der Waals surface area contributed by atoms with Crippen LogP contribution in [0, 0.1) is 5.41 Å². The predicted molar refractivity (Wildman–Crippen MR) is 117 cm³/mol. The lowest BCUT2D eigenvalue weighted by molar-refractivity contribution is 0.450. The molecule has 3 N–H and O–H groups in total. The highest BCUT2D eigenvalue weighted by molar-refractivity contribution is 6.11. The molecule has 3 aromatic carbocycles. The minimum atomic E-state index is 0.0880. The standard InChI is InChI=1S/C17H21N3.C6H6O2/c1-19(2)15-9-5-13(6-10-15)17(18)14-7-11-16(12-8-14)20(3)4;7-5-2-1-3-6(8)4-5/h5-12,18H,1-4H3;1-4,7-8H. The molecule has 0 aromatic heterocycles. The molecule has 0 aliphatic carbocycles. The van der Waals surface area contributed by atoms with E-state index < -0.39 is 0 Å². The molecule has 5 heteroatoms. The zero-order chi connectivity index (χ0) is 20.7. The Hall–Kier alpha value is -3.47. The van der Waals surface area contributed by atoms with E-state index in [2.05, 4.69) is 9.80 Å². The molecule has 3 aromatic rings. The molecule has 0 heterocycles. The van der Waals surface area contributed by atoms with E-state index in [-0.39, 0.29) is 11.5 Å². The summed E-state index contributed by atoms with van der Waals surface area (Å²) < 4.78 is 0. The summed E-state index contributed by atoms with van der Waals surface area (Å²) in [6.07, 6.45) is 0. The summed E-state index contributed by atoms with van der Waals surface area (Å²) in [6.45, 7) is 0. The first-order valence-corrected chi connectivity index (χ1v) is 8.90.